The molecule has 1 aromatic heterocycles. The molecule has 0 bridgehead atoms. The fourth-order valence-corrected chi connectivity index (χ4v) is 3.38. The first kappa shape index (κ1) is 17.6. The van der Waals surface area contributed by atoms with Gasteiger partial charge < -0.3 is 14.9 Å². The Labute approximate surface area is 140 Å². The molecule has 124 valence electrons. The molecule has 2 aromatic rings. The van der Waals surface area contributed by atoms with Crippen LogP contribution >= 0.6 is 11.8 Å². The van der Waals surface area contributed by atoms with Crippen LogP contribution in [0.25, 0.3) is 0 Å². The Kier molecular flexibility index (Phi) is 6.24. The molecule has 23 heavy (non-hydrogen) atoms. The molecule has 0 aliphatic heterocycles. The molecule has 0 aliphatic rings. The van der Waals surface area contributed by atoms with Crippen molar-refractivity contribution in [1.82, 2.24) is 10.5 Å². The molecule has 0 aliphatic carbocycles. The van der Waals surface area contributed by atoms with Gasteiger partial charge in [0, 0.05) is 16.2 Å². The van der Waals surface area contributed by atoms with Crippen molar-refractivity contribution in [1.29, 1.82) is 0 Å². The molecule has 2 N–H and O–H groups in total. The van der Waals surface area contributed by atoms with Crippen molar-refractivity contribution in [3.8, 4) is 0 Å². The topological polar surface area (TPSA) is 75.4 Å². The predicted molar refractivity (Wildman–Crippen MR) is 90.6 cm³/mol. The Balaban J connectivity index is 2.13. The lowest BCUT2D eigenvalue weighted by Gasteiger charge is -2.15. The van der Waals surface area contributed by atoms with E-state index in [0.29, 0.717) is 17.7 Å². The van der Waals surface area contributed by atoms with E-state index in [1.165, 1.54) is 0 Å². The second-order valence-electron chi connectivity index (χ2n) is 5.35. The summed E-state index contributed by atoms with van der Waals surface area (Å²) in [7, 11) is 0. The lowest BCUT2D eigenvalue weighted by atomic mass is 10.2. The molecular formula is C17H22N2O3S. The van der Waals surface area contributed by atoms with Crippen LogP contribution in [-0.4, -0.2) is 28.8 Å². The Hall–Kier alpha value is -1.79. The number of amides is 1. The number of aryl methyl sites for hydroxylation is 2. The first-order valence-electron chi connectivity index (χ1n) is 7.62. The summed E-state index contributed by atoms with van der Waals surface area (Å²) in [5.74, 6) is 1.35. The summed E-state index contributed by atoms with van der Waals surface area (Å²) in [4.78, 5) is 13.3. The van der Waals surface area contributed by atoms with Gasteiger partial charge in [-0.05, 0) is 32.4 Å². The summed E-state index contributed by atoms with van der Waals surface area (Å²) in [5.41, 5.74) is 2.56. The molecule has 1 atom stereocenters. The fourth-order valence-electron chi connectivity index (χ4n) is 2.18. The number of aliphatic hydroxyl groups excluding tert-OH is 1. The monoisotopic (exact) mass is 334 g/mol. The van der Waals surface area contributed by atoms with Gasteiger partial charge >= 0.3 is 0 Å². The Morgan fingerprint density at radius 1 is 1.39 bits per heavy atom. The number of hydrogen-bond acceptors (Lipinski definition) is 5. The number of nitrogens with zero attached hydrogens (tertiary/aromatic N) is 1. The normalized spacial score (nSPS) is 12.2. The Bertz CT molecular complexity index is 646. The molecule has 1 aromatic carbocycles. The van der Waals surface area contributed by atoms with Crippen molar-refractivity contribution in [3.05, 3.63) is 46.8 Å². The maximum Gasteiger partial charge on any atom is 0.252 e. The van der Waals surface area contributed by atoms with Gasteiger partial charge in [-0.1, -0.05) is 24.2 Å². The lowest BCUT2D eigenvalue weighted by Crippen LogP contribution is -2.37. The molecule has 5 nitrogen and oxygen atoms in total. The minimum atomic E-state index is -0.219. The minimum Gasteiger partial charge on any atom is -0.394 e. The molecule has 0 saturated heterocycles. The highest BCUT2D eigenvalue weighted by Crippen LogP contribution is 2.28. The SMILES string of the molecule is CCC(CO)NC(=O)c1ccccc1SCc1c(C)noc1C. The van der Waals surface area contributed by atoms with Crippen LogP contribution in [0.15, 0.2) is 33.7 Å². The van der Waals surface area contributed by atoms with Gasteiger partial charge in [-0.25, -0.2) is 0 Å². The minimum absolute atomic E-state index is 0.0589. The maximum absolute atomic E-state index is 12.4. The third-order valence-corrected chi connectivity index (χ3v) is 4.83. The van der Waals surface area contributed by atoms with Crippen LogP contribution in [0.5, 0.6) is 0 Å². The first-order valence-corrected chi connectivity index (χ1v) is 8.60. The summed E-state index contributed by atoms with van der Waals surface area (Å²) < 4.78 is 5.17. The third kappa shape index (κ3) is 4.36. The van der Waals surface area contributed by atoms with E-state index in [9.17, 15) is 9.90 Å². The van der Waals surface area contributed by atoms with E-state index in [0.717, 1.165) is 21.9 Å². The van der Waals surface area contributed by atoms with Crippen LogP contribution in [0.2, 0.25) is 0 Å². The number of aromatic nitrogens is 1. The van der Waals surface area contributed by atoms with Crippen LogP contribution in [-0.2, 0) is 5.75 Å². The Morgan fingerprint density at radius 2 is 2.13 bits per heavy atom. The first-order chi connectivity index (χ1) is 11.1. The largest absolute Gasteiger partial charge is 0.394 e. The van der Waals surface area contributed by atoms with E-state index in [-0.39, 0.29) is 18.6 Å². The van der Waals surface area contributed by atoms with Crippen molar-refractivity contribution in [2.24, 2.45) is 0 Å². The summed E-state index contributed by atoms with van der Waals surface area (Å²) >= 11 is 1.58. The number of nitrogens with one attached hydrogen (secondary N) is 1. The van der Waals surface area contributed by atoms with Gasteiger partial charge in [0.1, 0.15) is 5.76 Å². The predicted octanol–water partition coefficient (Wildman–Crippen LogP) is 3.08. The van der Waals surface area contributed by atoms with Crippen molar-refractivity contribution in [2.45, 2.75) is 43.9 Å². The van der Waals surface area contributed by atoms with Gasteiger partial charge in [-0.3, -0.25) is 4.79 Å². The van der Waals surface area contributed by atoms with Gasteiger partial charge in [0.05, 0.1) is 23.9 Å². The number of rotatable bonds is 7. The number of aliphatic hydroxyl groups is 1. The van der Waals surface area contributed by atoms with Gasteiger partial charge in [-0.15, -0.1) is 11.8 Å². The second kappa shape index (κ2) is 8.17. The molecule has 0 saturated carbocycles. The van der Waals surface area contributed by atoms with Gasteiger partial charge in [0.15, 0.2) is 0 Å². The second-order valence-corrected chi connectivity index (χ2v) is 6.37. The summed E-state index contributed by atoms with van der Waals surface area (Å²) in [6.07, 6.45) is 0.691. The zero-order valence-electron chi connectivity index (χ0n) is 13.6. The van der Waals surface area contributed by atoms with Gasteiger partial charge in [-0.2, -0.15) is 0 Å². The smallest absolute Gasteiger partial charge is 0.252 e. The van der Waals surface area contributed by atoms with Crippen LogP contribution in [0, 0.1) is 13.8 Å². The summed E-state index contributed by atoms with van der Waals surface area (Å²) in [6.45, 7) is 5.68. The zero-order chi connectivity index (χ0) is 16.8. The lowest BCUT2D eigenvalue weighted by molar-refractivity contribution is 0.0912. The van der Waals surface area contributed by atoms with Crippen LogP contribution in [0.1, 0.15) is 40.7 Å². The van der Waals surface area contributed by atoms with Crippen molar-refractivity contribution >= 4 is 17.7 Å². The molecule has 1 amide bonds. The number of carbonyl (C=O) groups excluding carboxylic acids is 1. The van der Waals surface area contributed by atoms with Crippen molar-refractivity contribution in [3.63, 3.8) is 0 Å². The van der Waals surface area contributed by atoms with E-state index >= 15 is 0 Å². The third-order valence-electron chi connectivity index (χ3n) is 3.73. The van der Waals surface area contributed by atoms with Crippen LogP contribution in [0.3, 0.4) is 0 Å². The number of thioether (sulfide) groups is 1. The number of hydrogen-bond donors (Lipinski definition) is 2. The molecule has 0 spiro atoms. The maximum atomic E-state index is 12.4. The van der Waals surface area contributed by atoms with Crippen molar-refractivity contribution in [2.75, 3.05) is 6.61 Å². The summed E-state index contributed by atoms with van der Waals surface area (Å²) in [6, 6.07) is 7.26. The van der Waals surface area contributed by atoms with Crippen LogP contribution < -0.4 is 5.32 Å². The highest BCUT2D eigenvalue weighted by Gasteiger charge is 2.16. The molecule has 2 rings (SSSR count). The van der Waals surface area contributed by atoms with E-state index < -0.39 is 0 Å². The standard InChI is InChI=1S/C17H22N2O3S/c1-4-13(9-20)18-17(21)14-7-5-6-8-16(14)23-10-15-11(2)19-22-12(15)3/h5-8,13,20H,4,9-10H2,1-3H3,(H,18,21). The average Bonchev–Trinajstić information content (AvgIpc) is 2.89. The number of benzene rings is 1. The van der Waals surface area contributed by atoms with Crippen molar-refractivity contribution < 1.29 is 14.4 Å². The van der Waals surface area contributed by atoms with E-state index in [2.05, 4.69) is 10.5 Å². The molecule has 1 heterocycles. The molecule has 0 radical (unpaired) electrons. The summed E-state index contributed by atoms with van der Waals surface area (Å²) in [5, 5.41) is 16.1. The molecule has 1 unspecified atom stereocenters. The highest BCUT2D eigenvalue weighted by molar-refractivity contribution is 7.98. The van der Waals surface area contributed by atoms with Gasteiger partial charge in [0.2, 0.25) is 0 Å². The quantitative estimate of drug-likeness (QED) is 0.761. The fraction of sp³-hybridized carbons (Fsp3) is 0.412. The van der Waals surface area contributed by atoms with E-state index in [1.807, 2.05) is 39.0 Å². The zero-order valence-corrected chi connectivity index (χ0v) is 14.4. The van der Waals surface area contributed by atoms with E-state index in [1.54, 1.807) is 17.8 Å². The van der Waals surface area contributed by atoms with E-state index in [4.69, 9.17) is 4.52 Å². The van der Waals surface area contributed by atoms with Crippen LogP contribution in [0.4, 0.5) is 0 Å². The van der Waals surface area contributed by atoms with Gasteiger partial charge in [0.25, 0.3) is 5.91 Å². The number of carbonyl (C=O) groups is 1. The highest BCUT2D eigenvalue weighted by atomic mass is 32.2. The average molecular weight is 334 g/mol. The molecule has 0 fully saturated rings. The molecule has 6 heteroatoms. The Morgan fingerprint density at radius 3 is 2.74 bits per heavy atom. The molecular weight excluding hydrogens is 312 g/mol.